The maximum absolute atomic E-state index is 13.1. The number of likely N-dealkylation sites (N-methyl/N-ethyl adjacent to an activating group) is 1. The number of nitrogens with zero attached hydrogens (tertiary/aromatic N) is 1. The molecular formula is C11H14FN3O2. The Morgan fingerprint density at radius 3 is 2.65 bits per heavy atom. The lowest BCUT2D eigenvalue weighted by Crippen LogP contribution is -2.36. The third-order valence-corrected chi connectivity index (χ3v) is 2.20. The summed E-state index contributed by atoms with van der Waals surface area (Å²) in [6.45, 7) is -0.151. The number of para-hydroxylation sites is 1. The number of carbonyl (C=O) groups excluding carboxylic acids is 2. The first-order chi connectivity index (χ1) is 7.93. The molecule has 5 nitrogen and oxygen atoms in total. The van der Waals surface area contributed by atoms with Crippen molar-refractivity contribution in [2.24, 2.45) is 0 Å². The van der Waals surface area contributed by atoms with Crippen molar-refractivity contribution in [3.63, 3.8) is 0 Å². The van der Waals surface area contributed by atoms with Crippen LogP contribution in [0.3, 0.4) is 0 Å². The normalized spacial score (nSPS) is 9.82. The molecule has 0 fully saturated rings. The van der Waals surface area contributed by atoms with Gasteiger partial charge in [-0.25, -0.2) is 4.39 Å². The second-order valence-corrected chi connectivity index (χ2v) is 3.67. The van der Waals surface area contributed by atoms with Gasteiger partial charge in [0.05, 0.1) is 17.8 Å². The number of nitrogens with two attached hydrogens (primary N) is 1. The summed E-state index contributed by atoms with van der Waals surface area (Å²) in [5.74, 6) is -1.48. The van der Waals surface area contributed by atoms with Gasteiger partial charge >= 0.3 is 0 Å². The zero-order valence-electron chi connectivity index (χ0n) is 9.66. The highest BCUT2D eigenvalue weighted by atomic mass is 19.1. The molecule has 0 bridgehead atoms. The lowest BCUT2D eigenvalue weighted by molar-refractivity contribution is -0.127. The smallest absolute Gasteiger partial charge is 0.253 e. The number of anilines is 1. The minimum absolute atomic E-state index is 0.0246. The van der Waals surface area contributed by atoms with Gasteiger partial charge in [0.2, 0.25) is 5.91 Å². The van der Waals surface area contributed by atoms with Gasteiger partial charge in [0.15, 0.2) is 0 Å². The van der Waals surface area contributed by atoms with Crippen LogP contribution in [0.15, 0.2) is 18.2 Å². The van der Waals surface area contributed by atoms with Crippen LogP contribution in [0.25, 0.3) is 0 Å². The number of nitrogens with one attached hydrogen (secondary N) is 1. The second-order valence-electron chi connectivity index (χ2n) is 3.67. The highest BCUT2D eigenvalue weighted by molar-refractivity contribution is 6.00. The Bertz CT molecular complexity index is 446. The van der Waals surface area contributed by atoms with Crippen LogP contribution in [0, 0.1) is 5.82 Å². The molecule has 0 aliphatic rings. The molecule has 0 radical (unpaired) electrons. The van der Waals surface area contributed by atoms with E-state index in [-0.39, 0.29) is 23.7 Å². The van der Waals surface area contributed by atoms with E-state index in [1.54, 1.807) is 14.1 Å². The van der Waals surface area contributed by atoms with Crippen LogP contribution >= 0.6 is 0 Å². The topological polar surface area (TPSA) is 75.4 Å². The Morgan fingerprint density at radius 2 is 2.06 bits per heavy atom. The molecule has 1 rings (SSSR count). The molecule has 0 aliphatic carbocycles. The van der Waals surface area contributed by atoms with Crippen molar-refractivity contribution in [3.8, 4) is 0 Å². The first-order valence-corrected chi connectivity index (χ1v) is 4.96. The number of rotatable bonds is 3. The van der Waals surface area contributed by atoms with E-state index in [4.69, 9.17) is 5.73 Å². The fourth-order valence-electron chi connectivity index (χ4n) is 1.14. The first-order valence-electron chi connectivity index (χ1n) is 4.96. The van der Waals surface area contributed by atoms with Crippen molar-refractivity contribution in [1.82, 2.24) is 10.2 Å². The van der Waals surface area contributed by atoms with Gasteiger partial charge in [-0.05, 0) is 12.1 Å². The lowest BCUT2D eigenvalue weighted by Gasteiger charge is -2.11. The van der Waals surface area contributed by atoms with Crippen molar-refractivity contribution in [2.75, 3.05) is 26.4 Å². The molecule has 17 heavy (non-hydrogen) atoms. The van der Waals surface area contributed by atoms with E-state index in [0.29, 0.717) is 0 Å². The van der Waals surface area contributed by atoms with Crippen molar-refractivity contribution < 1.29 is 14.0 Å². The maximum Gasteiger partial charge on any atom is 0.253 e. The summed E-state index contributed by atoms with van der Waals surface area (Å²) in [7, 11) is 3.15. The van der Waals surface area contributed by atoms with Crippen molar-refractivity contribution in [3.05, 3.63) is 29.6 Å². The number of benzene rings is 1. The number of amides is 2. The van der Waals surface area contributed by atoms with E-state index >= 15 is 0 Å². The van der Waals surface area contributed by atoms with E-state index < -0.39 is 11.7 Å². The molecule has 1 aromatic rings. The van der Waals surface area contributed by atoms with Gasteiger partial charge in [-0.3, -0.25) is 9.59 Å². The third-order valence-electron chi connectivity index (χ3n) is 2.20. The average molecular weight is 239 g/mol. The summed E-state index contributed by atoms with van der Waals surface area (Å²) in [6, 6.07) is 3.94. The van der Waals surface area contributed by atoms with Crippen LogP contribution in [-0.4, -0.2) is 37.4 Å². The van der Waals surface area contributed by atoms with E-state index in [0.717, 1.165) is 6.07 Å². The molecule has 0 unspecified atom stereocenters. The van der Waals surface area contributed by atoms with E-state index in [9.17, 15) is 14.0 Å². The van der Waals surface area contributed by atoms with Gasteiger partial charge in [-0.15, -0.1) is 0 Å². The Hall–Kier alpha value is -2.11. The lowest BCUT2D eigenvalue weighted by atomic mass is 10.1. The summed E-state index contributed by atoms with van der Waals surface area (Å²) in [5.41, 5.74) is 5.22. The summed E-state index contributed by atoms with van der Waals surface area (Å²) in [5, 5.41) is 2.37. The van der Waals surface area contributed by atoms with E-state index in [2.05, 4.69) is 5.32 Å². The molecule has 0 saturated heterocycles. The Kier molecular flexibility index (Phi) is 4.03. The number of nitrogen functional groups attached to an aromatic ring is 1. The molecule has 0 atom stereocenters. The molecule has 0 heterocycles. The quantitative estimate of drug-likeness (QED) is 0.741. The molecular weight excluding hydrogens is 225 g/mol. The number of hydrogen-bond acceptors (Lipinski definition) is 3. The highest BCUT2D eigenvalue weighted by Crippen LogP contribution is 2.15. The minimum atomic E-state index is -0.656. The number of halogens is 1. The fourth-order valence-corrected chi connectivity index (χ4v) is 1.14. The first kappa shape index (κ1) is 13.0. The predicted molar refractivity (Wildman–Crippen MR) is 61.8 cm³/mol. The second kappa shape index (κ2) is 5.29. The molecule has 1 aromatic carbocycles. The molecule has 0 aliphatic heterocycles. The van der Waals surface area contributed by atoms with Crippen molar-refractivity contribution >= 4 is 17.5 Å². The van der Waals surface area contributed by atoms with E-state index in [1.807, 2.05) is 0 Å². The molecule has 6 heteroatoms. The zero-order valence-corrected chi connectivity index (χ0v) is 9.66. The standard InChI is InChI=1S/C11H14FN3O2/c1-15(2)9(16)6-14-11(17)7-4-3-5-8(12)10(7)13/h3-5H,6,13H2,1-2H3,(H,14,17). The number of carbonyl (C=O) groups is 2. The largest absolute Gasteiger partial charge is 0.396 e. The van der Waals surface area contributed by atoms with Gasteiger partial charge in [0, 0.05) is 14.1 Å². The predicted octanol–water partition coefficient (Wildman–Crippen LogP) is 0.226. The fraction of sp³-hybridized carbons (Fsp3) is 0.273. The van der Waals surface area contributed by atoms with Crippen LogP contribution in [0.2, 0.25) is 0 Å². The summed E-state index contributed by atoms with van der Waals surface area (Å²) in [6.07, 6.45) is 0. The summed E-state index contributed by atoms with van der Waals surface area (Å²) in [4.78, 5) is 24.2. The van der Waals surface area contributed by atoms with Gasteiger partial charge in [-0.1, -0.05) is 6.07 Å². The SMILES string of the molecule is CN(C)C(=O)CNC(=O)c1cccc(F)c1N. The van der Waals surface area contributed by atoms with Gasteiger partial charge in [-0.2, -0.15) is 0 Å². The highest BCUT2D eigenvalue weighted by Gasteiger charge is 2.13. The van der Waals surface area contributed by atoms with E-state index in [1.165, 1.54) is 17.0 Å². The van der Waals surface area contributed by atoms with Crippen LogP contribution < -0.4 is 11.1 Å². The zero-order chi connectivity index (χ0) is 13.0. The van der Waals surface area contributed by atoms with Gasteiger partial charge < -0.3 is 16.0 Å². The Labute approximate surface area is 98.4 Å². The van der Waals surface area contributed by atoms with Crippen LogP contribution in [0.5, 0.6) is 0 Å². The molecule has 2 amide bonds. The minimum Gasteiger partial charge on any atom is -0.396 e. The maximum atomic E-state index is 13.1. The summed E-state index contributed by atoms with van der Waals surface area (Å²) < 4.78 is 13.1. The molecule has 3 N–H and O–H groups in total. The number of hydrogen-bond donors (Lipinski definition) is 2. The Balaban J connectivity index is 2.71. The molecule has 92 valence electrons. The molecule has 0 aromatic heterocycles. The summed E-state index contributed by atoms with van der Waals surface area (Å²) >= 11 is 0. The molecule has 0 saturated carbocycles. The van der Waals surface area contributed by atoms with Crippen LogP contribution in [0.1, 0.15) is 10.4 Å². The van der Waals surface area contributed by atoms with Crippen molar-refractivity contribution in [1.29, 1.82) is 0 Å². The Morgan fingerprint density at radius 1 is 1.41 bits per heavy atom. The van der Waals surface area contributed by atoms with Gasteiger partial charge in [0.1, 0.15) is 5.82 Å². The van der Waals surface area contributed by atoms with Crippen LogP contribution in [-0.2, 0) is 4.79 Å². The monoisotopic (exact) mass is 239 g/mol. The third kappa shape index (κ3) is 3.17. The average Bonchev–Trinajstić information content (AvgIpc) is 2.29. The van der Waals surface area contributed by atoms with Crippen LogP contribution in [0.4, 0.5) is 10.1 Å². The molecule has 0 spiro atoms. The van der Waals surface area contributed by atoms with Crippen molar-refractivity contribution in [2.45, 2.75) is 0 Å². The van der Waals surface area contributed by atoms with Gasteiger partial charge in [0.25, 0.3) is 5.91 Å².